The smallest absolute Gasteiger partial charge is 0.371 e. The van der Waals surface area contributed by atoms with Gasteiger partial charge in [0.15, 0.2) is 17.5 Å². The summed E-state index contributed by atoms with van der Waals surface area (Å²) < 4.78 is 76.3. The molecule has 1 unspecified atom stereocenters. The maximum Gasteiger partial charge on any atom is 0.428 e. The zero-order chi connectivity index (χ0) is 30.1. The summed E-state index contributed by atoms with van der Waals surface area (Å²) in [7, 11) is 0. The van der Waals surface area contributed by atoms with Gasteiger partial charge >= 0.3 is 6.18 Å². The molecule has 4 aromatic rings. The van der Waals surface area contributed by atoms with Crippen LogP contribution in [0.15, 0.2) is 53.4 Å². The molecule has 1 fully saturated rings. The summed E-state index contributed by atoms with van der Waals surface area (Å²) in [5.74, 6) is -5.87. The summed E-state index contributed by atoms with van der Waals surface area (Å²) in [6.45, 7) is -1.63. The predicted molar refractivity (Wildman–Crippen MR) is 133 cm³/mol. The number of halogens is 5. The Balaban J connectivity index is 1.40. The molecule has 3 aromatic heterocycles. The minimum absolute atomic E-state index is 0.0130. The number of aromatic nitrogens is 5. The maximum atomic E-state index is 14.5. The second-order valence-corrected chi connectivity index (χ2v) is 9.37. The molecular formula is C25H21F5N8O4. The highest BCUT2D eigenvalue weighted by Crippen LogP contribution is 2.32. The van der Waals surface area contributed by atoms with Gasteiger partial charge in [0.1, 0.15) is 23.5 Å². The van der Waals surface area contributed by atoms with Crippen molar-refractivity contribution < 1.29 is 41.2 Å². The maximum absolute atomic E-state index is 14.5. The van der Waals surface area contributed by atoms with Gasteiger partial charge in [-0.05, 0) is 25.0 Å². The molecule has 4 N–H and O–H groups in total. The number of nitrogens with zero attached hydrogens (tertiary/aromatic N) is 5. The van der Waals surface area contributed by atoms with E-state index in [1.807, 2.05) is 10.7 Å². The first kappa shape index (κ1) is 28.6. The van der Waals surface area contributed by atoms with Crippen molar-refractivity contribution >= 4 is 17.6 Å². The summed E-state index contributed by atoms with van der Waals surface area (Å²) in [5, 5.41) is 20.4. The van der Waals surface area contributed by atoms with Gasteiger partial charge in [-0.3, -0.25) is 25.1 Å². The molecule has 1 aliphatic carbocycles. The Labute approximate surface area is 232 Å². The number of alkyl halides is 3. The Hall–Kier alpha value is -4.93. The van der Waals surface area contributed by atoms with Crippen molar-refractivity contribution in [3.8, 4) is 22.9 Å². The lowest BCUT2D eigenvalue weighted by Gasteiger charge is -2.29. The lowest BCUT2D eigenvalue weighted by atomic mass is 10.0. The summed E-state index contributed by atoms with van der Waals surface area (Å²) in [6, 6.07) is 8.88. The van der Waals surface area contributed by atoms with Gasteiger partial charge in [0.25, 0.3) is 11.5 Å². The van der Waals surface area contributed by atoms with E-state index in [1.165, 1.54) is 41.3 Å². The van der Waals surface area contributed by atoms with E-state index in [4.69, 9.17) is 4.52 Å². The molecule has 0 bridgehead atoms. The molecule has 17 heteroatoms. The average molecular weight is 592 g/mol. The van der Waals surface area contributed by atoms with Gasteiger partial charge in [0.05, 0.1) is 25.0 Å². The van der Waals surface area contributed by atoms with Gasteiger partial charge < -0.3 is 14.9 Å². The van der Waals surface area contributed by atoms with Gasteiger partial charge in [0.2, 0.25) is 5.91 Å². The van der Waals surface area contributed by atoms with Crippen LogP contribution in [0.4, 0.5) is 27.8 Å². The van der Waals surface area contributed by atoms with Crippen LogP contribution in [0, 0.1) is 17.6 Å². The van der Waals surface area contributed by atoms with Crippen LogP contribution < -0.4 is 16.2 Å². The summed E-state index contributed by atoms with van der Waals surface area (Å²) in [6.07, 6.45) is -2.55. The number of carbonyl (C=O) groups is 2. The standard InChI is InChI=1S/C25H21F5N8O4/c26-15-4-2-1-3-14(15)11-38-19(17-7-8-42-37-17)9-18(36-38)21-31-10-16(27)20(33-21)32-12-24(41,25(28,29)30)23(40)35-34-22(39)13-5-6-13/h1-4,7-10,13,41H,5-6,11-12H2,(H,34,39)(H,35,40)(H,31,32,33). The van der Waals surface area contributed by atoms with Crippen LogP contribution >= 0.6 is 0 Å². The van der Waals surface area contributed by atoms with Gasteiger partial charge in [0, 0.05) is 17.5 Å². The van der Waals surface area contributed by atoms with Crippen LogP contribution in [0.25, 0.3) is 22.9 Å². The summed E-state index contributed by atoms with van der Waals surface area (Å²) >= 11 is 0. The van der Waals surface area contributed by atoms with E-state index in [1.54, 1.807) is 11.5 Å². The fourth-order valence-electron chi connectivity index (χ4n) is 3.79. The molecular weight excluding hydrogens is 571 g/mol. The molecule has 0 spiro atoms. The molecule has 0 radical (unpaired) electrons. The fourth-order valence-corrected chi connectivity index (χ4v) is 3.79. The highest BCUT2D eigenvalue weighted by atomic mass is 19.4. The van der Waals surface area contributed by atoms with Gasteiger partial charge in [-0.2, -0.15) is 18.3 Å². The van der Waals surface area contributed by atoms with Crippen LogP contribution in [-0.4, -0.2) is 60.1 Å². The molecule has 1 atom stereocenters. The molecule has 0 aliphatic heterocycles. The van der Waals surface area contributed by atoms with E-state index in [0.29, 0.717) is 30.4 Å². The van der Waals surface area contributed by atoms with Gasteiger partial charge in [-0.15, -0.1) is 0 Å². The normalized spacial score (nSPS) is 14.7. The Morgan fingerprint density at radius 3 is 2.50 bits per heavy atom. The summed E-state index contributed by atoms with van der Waals surface area (Å²) in [4.78, 5) is 31.7. The van der Waals surface area contributed by atoms with E-state index in [9.17, 15) is 36.6 Å². The molecule has 0 saturated heterocycles. The molecule has 1 aliphatic rings. The number of anilines is 1. The van der Waals surface area contributed by atoms with Crippen molar-refractivity contribution in [1.29, 1.82) is 0 Å². The van der Waals surface area contributed by atoms with Crippen LogP contribution in [0.3, 0.4) is 0 Å². The Kier molecular flexibility index (Phi) is 7.59. The zero-order valence-electron chi connectivity index (χ0n) is 21.3. The predicted octanol–water partition coefficient (Wildman–Crippen LogP) is 2.58. The quantitative estimate of drug-likeness (QED) is 0.169. The number of hydrazine groups is 1. The van der Waals surface area contributed by atoms with Crippen molar-refractivity contribution in [2.45, 2.75) is 31.2 Å². The number of benzene rings is 1. The van der Waals surface area contributed by atoms with Crippen molar-refractivity contribution in [1.82, 2.24) is 35.8 Å². The van der Waals surface area contributed by atoms with Crippen LogP contribution in [0.5, 0.6) is 0 Å². The first-order chi connectivity index (χ1) is 20.0. The number of amides is 2. The number of nitrogens with one attached hydrogen (secondary N) is 3. The third-order valence-electron chi connectivity index (χ3n) is 6.33. The average Bonchev–Trinajstić information content (AvgIpc) is 3.50. The van der Waals surface area contributed by atoms with E-state index >= 15 is 0 Å². The van der Waals surface area contributed by atoms with E-state index < -0.39 is 53.5 Å². The first-order valence-corrected chi connectivity index (χ1v) is 12.3. The van der Waals surface area contributed by atoms with Crippen molar-refractivity contribution in [2.24, 2.45) is 5.92 Å². The molecule has 2 amide bonds. The van der Waals surface area contributed by atoms with Crippen LogP contribution in [-0.2, 0) is 16.1 Å². The highest BCUT2D eigenvalue weighted by molar-refractivity contribution is 5.89. The van der Waals surface area contributed by atoms with E-state index in [2.05, 4.69) is 20.2 Å². The molecule has 12 nitrogen and oxygen atoms in total. The second kappa shape index (κ2) is 11.2. The third-order valence-corrected chi connectivity index (χ3v) is 6.33. The Morgan fingerprint density at radius 1 is 1.07 bits per heavy atom. The van der Waals surface area contributed by atoms with Crippen LogP contribution in [0.1, 0.15) is 18.4 Å². The topological polar surface area (TPSA) is 160 Å². The van der Waals surface area contributed by atoms with Crippen molar-refractivity contribution in [3.05, 3.63) is 66.1 Å². The largest absolute Gasteiger partial charge is 0.428 e. The first-order valence-electron chi connectivity index (χ1n) is 12.3. The molecule has 1 aromatic carbocycles. The van der Waals surface area contributed by atoms with Gasteiger partial charge in [-0.1, -0.05) is 23.4 Å². The molecule has 42 heavy (non-hydrogen) atoms. The Morgan fingerprint density at radius 2 is 1.83 bits per heavy atom. The minimum atomic E-state index is -5.53. The lowest BCUT2D eigenvalue weighted by Crippen LogP contribution is -2.63. The number of rotatable bonds is 9. The lowest BCUT2D eigenvalue weighted by molar-refractivity contribution is -0.247. The molecule has 220 valence electrons. The van der Waals surface area contributed by atoms with E-state index in [-0.39, 0.29) is 23.6 Å². The number of hydrogen-bond acceptors (Lipinski definition) is 9. The number of carbonyl (C=O) groups excluding carboxylic acids is 2. The fraction of sp³-hybridized carbons (Fsp3) is 0.280. The van der Waals surface area contributed by atoms with Gasteiger partial charge in [-0.25, -0.2) is 18.7 Å². The molecule has 3 heterocycles. The van der Waals surface area contributed by atoms with Crippen LogP contribution in [0.2, 0.25) is 0 Å². The van der Waals surface area contributed by atoms with Crippen molar-refractivity contribution in [2.75, 3.05) is 11.9 Å². The molecule has 1 saturated carbocycles. The summed E-state index contributed by atoms with van der Waals surface area (Å²) in [5.41, 5.74) is 0.236. The number of hydrogen-bond donors (Lipinski definition) is 4. The van der Waals surface area contributed by atoms with E-state index in [0.717, 1.165) is 0 Å². The molecule has 5 rings (SSSR count). The third kappa shape index (κ3) is 5.90. The van der Waals surface area contributed by atoms with Crippen molar-refractivity contribution in [3.63, 3.8) is 0 Å². The zero-order valence-corrected chi connectivity index (χ0v) is 21.3. The SMILES string of the molecule is O=C(NNC(=O)C(O)(CNc1nc(-c2cc(-c3ccon3)n(Cc3ccccc3F)n2)ncc1F)C(F)(F)F)C1CC1. The number of aliphatic hydroxyl groups is 1. The second-order valence-electron chi connectivity index (χ2n) is 9.37. The Bertz CT molecular complexity index is 1610. The monoisotopic (exact) mass is 592 g/mol. The minimum Gasteiger partial charge on any atom is -0.371 e. The highest BCUT2D eigenvalue weighted by Gasteiger charge is 2.60.